The van der Waals surface area contributed by atoms with E-state index in [9.17, 15) is 40.9 Å². The van der Waals surface area contributed by atoms with Gasteiger partial charge in [-0.05, 0) is 25.7 Å². The van der Waals surface area contributed by atoms with Crippen LogP contribution in [0.4, 0.5) is 0 Å². The van der Waals surface area contributed by atoms with Gasteiger partial charge in [0.05, 0.1) is 172 Å². The van der Waals surface area contributed by atoms with Crippen molar-refractivity contribution >= 4 is 21.6 Å². The summed E-state index contributed by atoms with van der Waals surface area (Å²) in [4.78, 5) is 0. The van der Waals surface area contributed by atoms with Crippen LogP contribution in [0.5, 0.6) is 0 Å². The molecule has 0 aromatic rings. The van der Waals surface area contributed by atoms with Crippen LogP contribution in [0.25, 0.3) is 0 Å². The predicted molar refractivity (Wildman–Crippen MR) is 317 cm³/mol. The van der Waals surface area contributed by atoms with Gasteiger partial charge in [-0.3, -0.25) is 0 Å². The zero-order valence-corrected chi connectivity index (χ0v) is 52.3. The van der Waals surface area contributed by atoms with Crippen LogP contribution in [0.3, 0.4) is 0 Å². The van der Waals surface area contributed by atoms with E-state index in [0.717, 1.165) is 26.1 Å². The molecule has 2 aliphatic rings. The van der Waals surface area contributed by atoms with E-state index in [1.807, 2.05) is 0 Å². The maximum atomic E-state index is 9.96. The molecule has 0 spiro atoms. The summed E-state index contributed by atoms with van der Waals surface area (Å²) in [6.07, 6.45) is 10.4. The summed E-state index contributed by atoms with van der Waals surface area (Å²) >= 11 is 0. The third-order valence-electron chi connectivity index (χ3n) is 13.6. The minimum atomic E-state index is -1.47. The zero-order valence-electron chi connectivity index (χ0n) is 50.6. The first-order valence-electron chi connectivity index (χ1n) is 31.3. The lowest BCUT2D eigenvalue weighted by molar-refractivity contribution is -0.302. The number of ether oxygens (including phenoxy) is 16. The Morgan fingerprint density at radius 1 is 0.226 bits per heavy atom. The molecule has 0 bridgehead atoms. The summed E-state index contributed by atoms with van der Waals surface area (Å²) in [6, 6.07) is 0. The molecule has 10 atom stereocenters. The number of aliphatic hydroxyl groups excluding tert-OH is 8. The summed E-state index contributed by atoms with van der Waals surface area (Å²) in [7, 11) is 4.13. The van der Waals surface area contributed by atoms with Crippen LogP contribution in [0.15, 0.2) is 0 Å². The Hall–Kier alpha value is -0.260. The lowest BCUT2D eigenvalue weighted by Crippen LogP contribution is -2.59. The number of unbranched alkanes of at least 4 members (excludes halogenated alkanes) is 16. The maximum Gasteiger partial charge on any atom is 0.186 e. The topological polar surface area (TPSA) is 310 Å². The number of aliphatic hydroxyl groups is 8. The number of hydrogen-bond donors (Lipinski definition) is 8. The second-order valence-electron chi connectivity index (χ2n) is 20.5. The van der Waals surface area contributed by atoms with Gasteiger partial charge >= 0.3 is 0 Å². The van der Waals surface area contributed by atoms with E-state index in [0.29, 0.717) is 132 Å². The van der Waals surface area contributed by atoms with Crippen LogP contribution in [-0.2, 0) is 75.8 Å². The lowest BCUT2D eigenvalue weighted by Gasteiger charge is -2.39. The molecule has 2 heterocycles. The molecule has 2 saturated heterocycles. The molecule has 8 N–H and O–H groups in total. The van der Waals surface area contributed by atoms with E-state index in [1.54, 1.807) is 0 Å². The first-order valence-corrected chi connectivity index (χ1v) is 33.8. The van der Waals surface area contributed by atoms with Crippen molar-refractivity contribution in [2.45, 2.75) is 177 Å². The van der Waals surface area contributed by atoms with Crippen molar-refractivity contribution in [3.8, 4) is 0 Å². The molecule has 2 fully saturated rings. The smallest absolute Gasteiger partial charge is 0.186 e. The second-order valence-corrected chi connectivity index (χ2v) is 23.2. The Morgan fingerprint density at radius 2 is 0.429 bits per heavy atom. The Labute approximate surface area is 509 Å². The van der Waals surface area contributed by atoms with E-state index >= 15 is 0 Å². The summed E-state index contributed by atoms with van der Waals surface area (Å²) in [5, 5.41) is 77.6. The van der Waals surface area contributed by atoms with Crippen LogP contribution in [-0.4, -0.2) is 299 Å². The molecular formula is C58H114O24S2. The van der Waals surface area contributed by atoms with Gasteiger partial charge in [0.1, 0.15) is 48.8 Å². The molecule has 24 nitrogen and oxygen atoms in total. The monoisotopic (exact) mass is 1260 g/mol. The van der Waals surface area contributed by atoms with Crippen molar-refractivity contribution in [2.24, 2.45) is 0 Å². The Balaban J connectivity index is 1.11. The van der Waals surface area contributed by atoms with Crippen LogP contribution in [0.1, 0.15) is 116 Å². The molecule has 502 valence electrons. The van der Waals surface area contributed by atoms with Crippen molar-refractivity contribution in [3.05, 3.63) is 0 Å². The first-order chi connectivity index (χ1) is 41.3. The van der Waals surface area contributed by atoms with Crippen molar-refractivity contribution in [1.82, 2.24) is 0 Å². The maximum absolute atomic E-state index is 9.96. The molecule has 0 amide bonds. The Kier molecular flexibility index (Phi) is 57.3. The highest BCUT2D eigenvalue weighted by atomic mass is 33.1. The van der Waals surface area contributed by atoms with E-state index in [1.165, 1.54) is 114 Å². The van der Waals surface area contributed by atoms with Crippen molar-refractivity contribution < 1.29 is 117 Å². The summed E-state index contributed by atoms with van der Waals surface area (Å²) in [6.45, 7) is 10.7. The van der Waals surface area contributed by atoms with Gasteiger partial charge in [-0.2, -0.15) is 0 Å². The van der Waals surface area contributed by atoms with Crippen molar-refractivity contribution in [3.63, 3.8) is 0 Å². The molecular weight excluding hydrogens is 1140 g/mol. The fraction of sp³-hybridized carbons (Fsp3) is 1.00. The molecule has 0 aromatic carbocycles. The highest BCUT2D eigenvalue weighted by Gasteiger charge is 2.45. The average Bonchev–Trinajstić information content (AvgIpc) is 3.02. The molecule has 2 aliphatic heterocycles. The molecule has 0 saturated carbocycles. The molecule has 0 unspecified atom stereocenters. The summed E-state index contributed by atoms with van der Waals surface area (Å²) in [5.41, 5.74) is 0. The molecule has 0 aromatic heterocycles. The standard InChI is InChI=1S/C58H114O24S2/c59-47-49-51(61)53(63)55(65)57(81-49)79-43-41-77-39-37-75-35-33-73-31-29-71-27-25-69-23-21-67-19-15-11-7-3-1-5-9-13-17-45-83-84-46-18-14-10-6-2-4-8-12-16-20-68-22-24-70-26-28-72-30-32-74-34-36-76-38-40-78-42-44-80-58-56(66)54(64)52(62)50(48-60)82-58/h49-66H,1-48H2/t49-,50-,51-,52-,53+,54+,55+,56+,57+,58+/m1/s1. The largest absolute Gasteiger partial charge is 0.394 e. The van der Waals surface area contributed by atoms with Crippen molar-refractivity contribution in [2.75, 3.05) is 196 Å². The fourth-order valence-corrected chi connectivity index (χ4v) is 10.9. The van der Waals surface area contributed by atoms with Crippen LogP contribution in [0.2, 0.25) is 0 Å². The van der Waals surface area contributed by atoms with Gasteiger partial charge in [0.25, 0.3) is 0 Å². The number of hydrogen-bond acceptors (Lipinski definition) is 26. The molecule has 26 heteroatoms. The predicted octanol–water partition coefficient (Wildman–Crippen LogP) is 3.22. The minimum Gasteiger partial charge on any atom is -0.394 e. The van der Waals surface area contributed by atoms with Crippen LogP contribution >= 0.6 is 21.6 Å². The van der Waals surface area contributed by atoms with Crippen LogP contribution in [0, 0.1) is 0 Å². The molecule has 0 radical (unpaired) electrons. The van der Waals surface area contributed by atoms with Gasteiger partial charge in [0.15, 0.2) is 12.6 Å². The van der Waals surface area contributed by atoms with Gasteiger partial charge < -0.3 is 117 Å². The van der Waals surface area contributed by atoms with Gasteiger partial charge in [0, 0.05) is 24.7 Å². The summed E-state index contributed by atoms with van der Waals surface area (Å²) in [5.74, 6) is 2.55. The minimum absolute atomic E-state index is 0.0912. The third kappa shape index (κ3) is 45.1. The highest BCUT2D eigenvalue weighted by molar-refractivity contribution is 8.76. The quantitative estimate of drug-likeness (QED) is 0.0320. The molecule has 0 aliphatic carbocycles. The second kappa shape index (κ2) is 60.3. The molecule has 84 heavy (non-hydrogen) atoms. The SMILES string of the molecule is OC[C@H]1O[C@H](OCCOCCOCCOCCOCCOCCOCCCCCCCCCCCSSCCCCCCCCCCCOCCOCCOCCOCCOCCOCCO[C@H]2O[C@H](CO)[C@@H](O)[C@H](O)[C@@H]2O)[C@@H](O)[C@@H](O)[C@@H]1O. The Morgan fingerprint density at radius 3 is 0.667 bits per heavy atom. The van der Waals surface area contributed by atoms with Crippen molar-refractivity contribution in [1.29, 1.82) is 0 Å². The summed E-state index contributed by atoms with van der Waals surface area (Å²) < 4.78 is 87.7. The van der Waals surface area contributed by atoms with Gasteiger partial charge in [-0.15, -0.1) is 0 Å². The van der Waals surface area contributed by atoms with Gasteiger partial charge in [-0.25, -0.2) is 0 Å². The average molecular weight is 1260 g/mol. The number of rotatable bonds is 65. The Bertz CT molecular complexity index is 1250. The fourth-order valence-electron chi connectivity index (χ4n) is 8.58. The zero-order chi connectivity index (χ0) is 60.4. The normalized spacial score (nSPS) is 22.9. The lowest BCUT2D eigenvalue weighted by atomic mass is 9.99. The van der Waals surface area contributed by atoms with Gasteiger partial charge in [-0.1, -0.05) is 111 Å². The van der Waals surface area contributed by atoms with E-state index in [-0.39, 0.29) is 26.4 Å². The van der Waals surface area contributed by atoms with E-state index in [2.05, 4.69) is 21.6 Å². The van der Waals surface area contributed by atoms with Crippen LogP contribution < -0.4 is 0 Å². The first kappa shape index (κ1) is 79.8. The third-order valence-corrected chi connectivity index (χ3v) is 16.1. The van der Waals surface area contributed by atoms with E-state index in [4.69, 9.17) is 75.8 Å². The molecule has 2 rings (SSSR count). The highest BCUT2D eigenvalue weighted by Crippen LogP contribution is 2.26. The van der Waals surface area contributed by atoms with E-state index < -0.39 is 74.6 Å². The van der Waals surface area contributed by atoms with Gasteiger partial charge in [0.2, 0.25) is 0 Å².